The molecule has 2 heterocycles. The Hall–Kier alpha value is -3.65. The van der Waals surface area contributed by atoms with Crippen LogP contribution < -0.4 is 10.2 Å². The molecule has 2 aliphatic heterocycles. The first-order valence-corrected chi connectivity index (χ1v) is 12.6. The molecule has 2 aliphatic rings. The molecular formula is C27H32F3N5O3. The first-order chi connectivity index (χ1) is 18.1. The van der Waals surface area contributed by atoms with Gasteiger partial charge >= 0.3 is 12.2 Å². The predicted octanol–water partition coefficient (Wildman–Crippen LogP) is 4.23. The van der Waals surface area contributed by atoms with Crippen LogP contribution in [0.15, 0.2) is 42.0 Å². The molecule has 1 aromatic carbocycles. The molecule has 204 valence electrons. The van der Waals surface area contributed by atoms with Gasteiger partial charge in [-0.15, -0.1) is 6.58 Å². The van der Waals surface area contributed by atoms with Crippen LogP contribution in [0.1, 0.15) is 50.2 Å². The molecule has 3 rings (SSSR count). The Kier molecular flexibility index (Phi) is 9.69. The number of carbonyl (C=O) groups excluding carboxylic acids is 3. The van der Waals surface area contributed by atoms with Crippen molar-refractivity contribution in [2.45, 2.75) is 45.2 Å². The summed E-state index contributed by atoms with van der Waals surface area (Å²) in [6.45, 7) is 9.43. The molecular weight excluding hydrogens is 499 g/mol. The van der Waals surface area contributed by atoms with Gasteiger partial charge in [0.1, 0.15) is 0 Å². The second-order valence-electron chi connectivity index (χ2n) is 9.36. The summed E-state index contributed by atoms with van der Waals surface area (Å²) < 4.78 is 40.1. The van der Waals surface area contributed by atoms with Crippen LogP contribution in [-0.4, -0.2) is 66.9 Å². The molecule has 1 fully saturated rings. The van der Waals surface area contributed by atoms with Crippen LogP contribution in [0.2, 0.25) is 0 Å². The lowest BCUT2D eigenvalue weighted by Crippen LogP contribution is -2.51. The number of carbonyl (C=O) groups is 3. The van der Waals surface area contributed by atoms with Gasteiger partial charge in [-0.1, -0.05) is 18.9 Å². The van der Waals surface area contributed by atoms with E-state index in [-0.39, 0.29) is 17.3 Å². The maximum Gasteiger partial charge on any atom is 0.417 e. The number of hydrogen-bond donors (Lipinski definition) is 1. The highest BCUT2D eigenvalue weighted by Gasteiger charge is 2.39. The molecule has 0 saturated carbocycles. The van der Waals surface area contributed by atoms with E-state index >= 15 is 0 Å². The van der Waals surface area contributed by atoms with Gasteiger partial charge in [-0.25, -0.2) is 9.69 Å². The van der Waals surface area contributed by atoms with Crippen LogP contribution in [0.4, 0.5) is 23.7 Å². The highest BCUT2D eigenvalue weighted by Crippen LogP contribution is 2.36. The summed E-state index contributed by atoms with van der Waals surface area (Å²) >= 11 is 0. The van der Waals surface area contributed by atoms with Crippen LogP contribution >= 0.6 is 0 Å². The van der Waals surface area contributed by atoms with Crippen LogP contribution in [-0.2, 0) is 15.8 Å². The number of rotatable bonds is 10. The average Bonchev–Trinajstić information content (AvgIpc) is 3.11. The number of amides is 4. The Bertz CT molecular complexity index is 1150. The van der Waals surface area contributed by atoms with Gasteiger partial charge in [0.05, 0.1) is 22.9 Å². The van der Waals surface area contributed by atoms with Crippen LogP contribution in [0.5, 0.6) is 0 Å². The Balaban J connectivity index is 1.44. The molecule has 1 N–H and O–H groups in total. The average molecular weight is 532 g/mol. The Morgan fingerprint density at radius 3 is 2.42 bits per heavy atom. The minimum absolute atomic E-state index is 0.0763. The Morgan fingerprint density at radius 2 is 1.79 bits per heavy atom. The van der Waals surface area contributed by atoms with E-state index in [1.807, 2.05) is 0 Å². The number of nitrogens with zero attached hydrogens (tertiary/aromatic N) is 4. The zero-order valence-corrected chi connectivity index (χ0v) is 21.4. The molecule has 0 unspecified atom stereocenters. The van der Waals surface area contributed by atoms with Crippen molar-refractivity contribution in [3.8, 4) is 6.07 Å². The summed E-state index contributed by atoms with van der Waals surface area (Å²) in [4.78, 5) is 42.6. The molecule has 0 bridgehead atoms. The molecule has 0 radical (unpaired) electrons. The zero-order chi connectivity index (χ0) is 27.9. The number of imide groups is 1. The van der Waals surface area contributed by atoms with E-state index in [2.05, 4.69) is 16.8 Å². The van der Waals surface area contributed by atoms with E-state index < -0.39 is 29.1 Å². The molecule has 1 aromatic rings. The van der Waals surface area contributed by atoms with Crippen LogP contribution in [0.3, 0.4) is 0 Å². The lowest BCUT2D eigenvalue weighted by Gasteiger charge is -2.34. The van der Waals surface area contributed by atoms with Gasteiger partial charge in [0, 0.05) is 43.9 Å². The molecule has 4 amide bonds. The lowest BCUT2D eigenvalue weighted by molar-refractivity contribution is -0.138. The fourth-order valence-corrected chi connectivity index (χ4v) is 4.65. The third kappa shape index (κ3) is 6.81. The molecule has 8 nitrogen and oxygen atoms in total. The normalized spacial score (nSPS) is 16.7. The molecule has 0 aliphatic carbocycles. The van der Waals surface area contributed by atoms with Crippen LogP contribution in [0.25, 0.3) is 0 Å². The number of benzene rings is 1. The smallest absolute Gasteiger partial charge is 0.335 e. The zero-order valence-electron chi connectivity index (χ0n) is 21.4. The molecule has 38 heavy (non-hydrogen) atoms. The highest BCUT2D eigenvalue weighted by molar-refractivity contribution is 6.32. The van der Waals surface area contributed by atoms with Gasteiger partial charge in [-0.3, -0.25) is 14.5 Å². The molecule has 11 heteroatoms. The molecule has 0 spiro atoms. The van der Waals surface area contributed by atoms with Crippen molar-refractivity contribution >= 4 is 23.5 Å². The SMILES string of the molecule is C=CCNC(=O)N1CCN(CCCCCCC2=C(C)C(=O)N(c3ccc(C#N)c(C(F)(F)F)c3)C2=O)CC1. The monoisotopic (exact) mass is 531 g/mol. The summed E-state index contributed by atoms with van der Waals surface area (Å²) in [5, 5.41) is 11.8. The maximum absolute atomic E-state index is 13.4. The second kappa shape index (κ2) is 12.7. The third-order valence-corrected chi connectivity index (χ3v) is 6.83. The number of urea groups is 1. The lowest BCUT2D eigenvalue weighted by atomic mass is 10.0. The fraction of sp³-hybridized carbons (Fsp3) is 0.481. The van der Waals surface area contributed by atoms with E-state index in [1.54, 1.807) is 11.0 Å². The summed E-state index contributed by atoms with van der Waals surface area (Å²) in [6.07, 6.45) is 0.647. The van der Waals surface area contributed by atoms with Crippen molar-refractivity contribution in [3.63, 3.8) is 0 Å². The van der Waals surface area contributed by atoms with Crippen molar-refractivity contribution in [1.29, 1.82) is 5.26 Å². The van der Waals surface area contributed by atoms with Gasteiger partial charge in [-0.2, -0.15) is 18.4 Å². The summed E-state index contributed by atoms with van der Waals surface area (Å²) in [7, 11) is 0. The third-order valence-electron chi connectivity index (χ3n) is 6.83. The van der Waals surface area contributed by atoms with E-state index in [1.165, 1.54) is 19.1 Å². The molecule has 0 atom stereocenters. The summed E-state index contributed by atoms with van der Waals surface area (Å²) in [5.41, 5.74) is -1.39. The summed E-state index contributed by atoms with van der Waals surface area (Å²) in [6, 6.07) is 4.26. The first kappa shape index (κ1) is 28.9. The molecule has 0 aromatic heterocycles. The number of nitrogens with one attached hydrogen (secondary N) is 1. The topological polar surface area (TPSA) is 96.8 Å². The van der Waals surface area contributed by atoms with E-state index in [0.29, 0.717) is 44.1 Å². The number of halogens is 3. The number of anilines is 1. The van der Waals surface area contributed by atoms with Crippen molar-refractivity contribution in [1.82, 2.24) is 15.1 Å². The number of alkyl halides is 3. The minimum Gasteiger partial charge on any atom is -0.335 e. The van der Waals surface area contributed by atoms with Gasteiger partial charge in [0.15, 0.2) is 0 Å². The Labute approximate surface area is 220 Å². The van der Waals surface area contributed by atoms with Gasteiger partial charge < -0.3 is 10.2 Å². The van der Waals surface area contributed by atoms with Crippen LogP contribution in [0, 0.1) is 11.3 Å². The van der Waals surface area contributed by atoms with Gasteiger partial charge in [-0.05, 0) is 50.9 Å². The quantitative estimate of drug-likeness (QED) is 0.277. The molecule has 1 saturated heterocycles. The number of hydrogen-bond acceptors (Lipinski definition) is 5. The standard InChI is InChI=1S/C27H32F3N5O3/c1-3-11-32-26(38)34-15-13-33(14-16-34)12-7-5-4-6-8-22-19(2)24(36)35(25(22)37)21-10-9-20(18-31)23(17-21)27(28,29)30/h3,9-10,17H,1,4-8,11-16H2,2H3,(H,32,38). The van der Waals surface area contributed by atoms with Crippen molar-refractivity contribution in [3.05, 3.63) is 53.1 Å². The Morgan fingerprint density at radius 1 is 1.11 bits per heavy atom. The number of unbranched alkanes of at least 4 members (excludes halogenated alkanes) is 3. The van der Waals surface area contributed by atoms with Crippen molar-refractivity contribution in [2.24, 2.45) is 0 Å². The highest BCUT2D eigenvalue weighted by atomic mass is 19.4. The van der Waals surface area contributed by atoms with Gasteiger partial charge in [0.25, 0.3) is 11.8 Å². The van der Waals surface area contributed by atoms with Crippen molar-refractivity contribution < 1.29 is 27.6 Å². The van der Waals surface area contributed by atoms with Gasteiger partial charge in [0.2, 0.25) is 0 Å². The first-order valence-electron chi connectivity index (χ1n) is 12.6. The minimum atomic E-state index is -4.79. The van der Waals surface area contributed by atoms with Crippen molar-refractivity contribution in [2.75, 3.05) is 44.2 Å². The number of nitriles is 1. The largest absolute Gasteiger partial charge is 0.417 e. The van der Waals surface area contributed by atoms with E-state index in [0.717, 1.165) is 49.9 Å². The second-order valence-corrected chi connectivity index (χ2v) is 9.36. The number of piperazine rings is 1. The summed E-state index contributed by atoms with van der Waals surface area (Å²) in [5.74, 6) is -1.25. The predicted molar refractivity (Wildman–Crippen MR) is 136 cm³/mol. The van der Waals surface area contributed by atoms with E-state index in [9.17, 15) is 27.6 Å². The maximum atomic E-state index is 13.4. The fourth-order valence-electron chi connectivity index (χ4n) is 4.65. The van der Waals surface area contributed by atoms with E-state index in [4.69, 9.17) is 5.26 Å².